The van der Waals surface area contributed by atoms with Crippen LogP contribution in [-0.4, -0.2) is 5.78 Å². The third-order valence-electron chi connectivity index (χ3n) is 5.82. The molecule has 22 heavy (non-hydrogen) atoms. The minimum absolute atomic E-state index is 0.445. The van der Waals surface area contributed by atoms with E-state index >= 15 is 0 Å². The first-order valence-corrected chi connectivity index (χ1v) is 9.11. The lowest BCUT2D eigenvalue weighted by Crippen LogP contribution is -2.27. The zero-order valence-electron chi connectivity index (χ0n) is 14.7. The summed E-state index contributed by atoms with van der Waals surface area (Å²) in [5, 5.41) is 0. The summed E-state index contributed by atoms with van der Waals surface area (Å²) in [5.41, 5.74) is 3.60. The highest BCUT2D eigenvalue weighted by molar-refractivity contribution is 5.79. The van der Waals surface area contributed by atoms with Crippen molar-refractivity contribution in [3.63, 3.8) is 0 Å². The molecule has 2 aliphatic rings. The van der Waals surface area contributed by atoms with Crippen LogP contribution in [0.5, 0.6) is 0 Å². The molecule has 0 amide bonds. The van der Waals surface area contributed by atoms with Crippen LogP contribution in [0.25, 0.3) is 0 Å². The van der Waals surface area contributed by atoms with Crippen molar-refractivity contribution < 1.29 is 4.79 Å². The van der Waals surface area contributed by atoms with Gasteiger partial charge >= 0.3 is 0 Å². The van der Waals surface area contributed by atoms with Gasteiger partial charge in [0.15, 0.2) is 0 Å². The van der Waals surface area contributed by atoms with Gasteiger partial charge < -0.3 is 0 Å². The van der Waals surface area contributed by atoms with E-state index in [2.05, 4.69) is 45.0 Å². The maximum absolute atomic E-state index is 11.0. The second-order valence-electron chi connectivity index (χ2n) is 7.63. The summed E-state index contributed by atoms with van der Waals surface area (Å²) in [6.07, 6.45) is 10.5. The van der Waals surface area contributed by atoms with Crippen LogP contribution in [0.1, 0.15) is 76.8 Å². The van der Waals surface area contributed by atoms with E-state index in [0.717, 1.165) is 31.6 Å². The highest BCUT2D eigenvalue weighted by Crippen LogP contribution is 2.39. The fourth-order valence-electron chi connectivity index (χ4n) is 3.69. The van der Waals surface area contributed by atoms with Crippen molar-refractivity contribution in [3.8, 4) is 0 Å². The highest BCUT2D eigenvalue weighted by atomic mass is 16.1. The number of benzene rings is 1. The molecule has 1 nitrogen and oxygen atoms in total. The van der Waals surface area contributed by atoms with E-state index < -0.39 is 0 Å². The van der Waals surface area contributed by atoms with E-state index in [1.165, 1.54) is 32.1 Å². The molecule has 0 aromatic heterocycles. The quantitative estimate of drug-likeness (QED) is 0.680. The van der Waals surface area contributed by atoms with Gasteiger partial charge in [-0.05, 0) is 61.0 Å². The molecular formula is C21H32O. The summed E-state index contributed by atoms with van der Waals surface area (Å²) < 4.78 is 0. The summed E-state index contributed by atoms with van der Waals surface area (Å²) in [6, 6.07) is 8.80. The highest BCUT2D eigenvalue weighted by Gasteiger charge is 2.30. The number of fused-ring (bicyclic) bond motifs is 1. The standard InChI is InChI=1S/C11H20O.C10H12/c1-4-11(2,3)9-5-7-10(12)8-6-9;1-2-6-10-8-4-3-7-9(10)5-1/h9H,4-8H2,1-3H3;1-2,5-6H,3-4,7-8H2. The third-order valence-corrected chi connectivity index (χ3v) is 5.82. The normalized spacial score (nSPS) is 19.1. The first kappa shape index (κ1) is 17.2. The van der Waals surface area contributed by atoms with E-state index in [-0.39, 0.29) is 0 Å². The summed E-state index contributed by atoms with van der Waals surface area (Å²) in [4.78, 5) is 11.0. The second kappa shape index (κ2) is 7.94. The van der Waals surface area contributed by atoms with Crippen LogP contribution in [0.3, 0.4) is 0 Å². The molecule has 0 saturated heterocycles. The van der Waals surface area contributed by atoms with Crippen molar-refractivity contribution in [1.82, 2.24) is 0 Å². The SMILES string of the molecule is CCC(C)(C)C1CCC(=O)CC1.c1ccc2c(c1)CCCC2. The Kier molecular flexibility index (Phi) is 6.23. The Balaban J connectivity index is 0.000000162. The molecule has 0 bridgehead atoms. The van der Waals surface area contributed by atoms with Crippen LogP contribution < -0.4 is 0 Å². The van der Waals surface area contributed by atoms with Gasteiger partial charge in [0.2, 0.25) is 0 Å². The van der Waals surface area contributed by atoms with Crippen molar-refractivity contribution >= 4 is 5.78 Å². The summed E-state index contributed by atoms with van der Waals surface area (Å²) in [6.45, 7) is 6.90. The Labute approximate surface area is 136 Å². The number of rotatable bonds is 2. The Morgan fingerprint density at radius 1 is 0.955 bits per heavy atom. The Hall–Kier alpha value is -1.11. The lowest BCUT2D eigenvalue weighted by molar-refractivity contribution is -0.121. The molecule has 0 spiro atoms. The molecule has 1 fully saturated rings. The lowest BCUT2D eigenvalue weighted by Gasteiger charge is -2.35. The molecule has 0 unspecified atom stereocenters. The van der Waals surface area contributed by atoms with Crippen LogP contribution in [0.2, 0.25) is 0 Å². The summed E-state index contributed by atoms with van der Waals surface area (Å²) in [5.74, 6) is 1.25. The van der Waals surface area contributed by atoms with E-state index in [9.17, 15) is 4.79 Å². The van der Waals surface area contributed by atoms with Gasteiger partial charge in [0.25, 0.3) is 0 Å². The molecule has 2 aliphatic carbocycles. The predicted octanol–water partition coefficient (Wildman–Crippen LogP) is 5.75. The van der Waals surface area contributed by atoms with E-state index in [1.54, 1.807) is 11.1 Å². The number of hydrogen-bond acceptors (Lipinski definition) is 1. The van der Waals surface area contributed by atoms with Gasteiger partial charge in [0, 0.05) is 12.8 Å². The number of carbonyl (C=O) groups excluding carboxylic acids is 1. The van der Waals surface area contributed by atoms with Crippen LogP contribution in [0, 0.1) is 11.3 Å². The minimum atomic E-state index is 0.445. The minimum Gasteiger partial charge on any atom is -0.300 e. The molecule has 0 radical (unpaired) electrons. The largest absolute Gasteiger partial charge is 0.300 e. The zero-order valence-corrected chi connectivity index (χ0v) is 14.7. The summed E-state index contributed by atoms with van der Waals surface area (Å²) >= 11 is 0. The Bertz CT molecular complexity index is 451. The Morgan fingerprint density at radius 2 is 1.45 bits per heavy atom. The van der Waals surface area contributed by atoms with Crippen molar-refractivity contribution in [1.29, 1.82) is 0 Å². The molecule has 0 aliphatic heterocycles. The number of aryl methyl sites for hydroxylation is 2. The first-order valence-electron chi connectivity index (χ1n) is 9.11. The average molecular weight is 300 g/mol. The van der Waals surface area contributed by atoms with E-state index in [0.29, 0.717) is 11.2 Å². The first-order chi connectivity index (χ1) is 10.5. The van der Waals surface area contributed by atoms with Crippen molar-refractivity contribution in [2.75, 3.05) is 0 Å². The molecule has 3 rings (SSSR count). The van der Waals surface area contributed by atoms with Gasteiger partial charge in [0.1, 0.15) is 5.78 Å². The van der Waals surface area contributed by atoms with Gasteiger partial charge in [-0.1, -0.05) is 51.5 Å². The van der Waals surface area contributed by atoms with Gasteiger partial charge in [0.05, 0.1) is 0 Å². The molecule has 0 atom stereocenters. The number of Topliss-reactive ketones (excluding diaryl/α,β-unsaturated/α-hetero) is 1. The molecule has 1 heteroatoms. The van der Waals surface area contributed by atoms with E-state index in [1.807, 2.05) is 0 Å². The fraction of sp³-hybridized carbons (Fsp3) is 0.667. The predicted molar refractivity (Wildman–Crippen MR) is 94.1 cm³/mol. The lowest BCUT2D eigenvalue weighted by atomic mass is 9.69. The van der Waals surface area contributed by atoms with Crippen molar-refractivity contribution in [2.45, 2.75) is 78.6 Å². The van der Waals surface area contributed by atoms with Crippen LogP contribution >= 0.6 is 0 Å². The van der Waals surface area contributed by atoms with Gasteiger partial charge in [-0.3, -0.25) is 4.79 Å². The number of carbonyl (C=O) groups is 1. The third kappa shape index (κ3) is 4.69. The number of ketones is 1. The van der Waals surface area contributed by atoms with E-state index in [4.69, 9.17) is 0 Å². The van der Waals surface area contributed by atoms with Crippen molar-refractivity contribution in [2.24, 2.45) is 11.3 Å². The molecule has 1 aromatic rings. The maximum atomic E-state index is 11.0. The topological polar surface area (TPSA) is 17.1 Å². The molecule has 122 valence electrons. The van der Waals surface area contributed by atoms with Crippen molar-refractivity contribution in [3.05, 3.63) is 35.4 Å². The smallest absolute Gasteiger partial charge is 0.132 e. The zero-order chi connectivity index (χ0) is 16.0. The van der Waals surface area contributed by atoms with Crippen LogP contribution in [0.4, 0.5) is 0 Å². The van der Waals surface area contributed by atoms with Crippen LogP contribution in [-0.2, 0) is 17.6 Å². The molecule has 0 N–H and O–H groups in total. The molecule has 1 aromatic carbocycles. The summed E-state index contributed by atoms with van der Waals surface area (Å²) in [7, 11) is 0. The Morgan fingerprint density at radius 3 is 1.91 bits per heavy atom. The van der Waals surface area contributed by atoms with Gasteiger partial charge in [-0.15, -0.1) is 0 Å². The molecule has 0 heterocycles. The average Bonchev–Trinajstić information content (AvgIpc) is 2.56. The second-order valence-corrected chi connectivity index (χ2v) is 7.63. The van der Waals surface area contributed by atoms with Crippen LogP contribution in [0.15, 0.2) is 24.3 Å². The van der Waals surface area contributed by atoms with Gasteiger partial charge in [-0.2, -0.15) is 0 Å². The molecular weight excluding hydrogens is 268 g/mol. The monoisotopic (exact) mass is 300 g/mol. The number of hydrogen-bond donors (Lipinski definition) is 0. The van der Waals surface area contributed by atoms with Gasteiger partial charge in [-0.25, -0.2) is 0 Å². The maximum Gasteiger partial charge on any atom is 0.132 e. The molecule has 1 saturated carbocycles. The fourth-order valence-corrected chi connectivity index (χ4v) is 3.69.